The van der Waals surface area contributed by atoms with Crippen LogP contribution in [-0.4, -0.2) is 0 Å². The number of fused-ring (bicyclic) bond motifs is 15. The minimum Gasteiger partial charge on any atom is -0.456 e. The molecule has 0 unspecified atom stereocenters. The molecule has 678 valence electrons. The van der Waals surface area contributed by atoms with Crippen molar-refractivity contribution in [2.75, 3.05) is 0 Å². The quantitative estimate of drug-likeness (QED) is 0.172. The Kier molecular flexibility index (Phi) is 21.0. The van der Waals surface area contributed by atoms with Gasteiger partial charge in [0.1, 0.15) is 33.5 Å². The van der Waals surface area contributed by atoms with Gasteiger partial charge < -0.3 is 13.3 Å². The molecule has 5 heterocycles. The molecule has 0 amide bonds. The molecule has 0 atom stereocenters. The average Bonchev–Trinajstić information content (AvgIpc) is 1.52. The first-order valence-corrected chi connectivity index (χ1v) is 48.3. The molecule has 0 aliphatic carbocycles. The summed E-state index contributed by atoms with van der Waals surface area (Å²) in [6.07, 6.45) is 0. The summed E-state index contributed by atoms with van der Waals surface area (Å²) in [6, 6.07) is 74.8. The standard InChI is InChI=1S/2C30H36O.C23H22O.C23H22S.C22H20S/c1-28(2,3)20-16-19(17-21(18-20)29(4,5)6)22-12-10-14-24-26(22)27-23(30(7,8)9)13-11-15-25(27)31-24;1-28(2,3)20-16-19(17-21(18-20)29(4,5)6)22-12-10-13-23-24-14-11-15-25(30(7,8)9)27(24)31-26(22)23;2*1-15-8-5-9-16(14-15)17-10-6-12-19-21(17)22-18(23(2,3)4)11-7-13-20(22)24-19;1-22(2,3)19-14-8-13-18-17-12-7-11-16(20(17)23-21(18)19)15-9-5-4-6-10-15/h2*10-18H,1-9H3;2*5-14H,1-4H3;4-14H,1-3H3/i;;2*5D,8D,9D,14D;4D,5D,6D,9D,10D. The molecule has 0 N–H and O–H groups in total. The molecule has 0 radical (unpaired) electrons. The van der Waals surface area contributed by atoms with Gasteiger partial charge in [0.2, 0.25) is 0 Å². The fraction of sp³-hybridized carbons (Fsp3) is 0.297. The van der Waals surface area contributed by atoms with E-state index in [1.165, 1.54) is 103 Å². The Balaban J connectivity index is 0.000000131. The van der Waals surface area contributed by atoms with Gasteiger partial charge in [-0.05, 0) is 194 Å². The zero-order valence-electron chi connectivity index (χ0n) is 96.3. The first-order valence-electron chi connectivity index (χ1n) is 53.2. The van der Waals surface area contributed by atoms with Gasteiger partial charge in [-0.3, -0.25) is 0 Å². The second-order valence-corrected chi connectivity index (χ2v) is 47.3. The molecule has 0 spiro atoms. The monoisotopic (exact) mass is 1800 g/mol. The molecule has 20 aromatic rings. The molecular formula is C128H136O3S2. The number of thiophene rings is 2. The summed E-state index contributed by atoms with van der Waals surface area (Å²) in [4.78, 5) is 0. The minimum atomic E-state index is -0.364. The van der Waals surface area contributed by atoms with Crippen LogP contribution in [0.4, 0.5) is 0 Å². The van der Waals surface area contributed by atoms with E-state index in [2.05, 4.69) is 345 Å². The maximum atomic E-state index is 8.60. The van der Waals surface area contributed by atoms with Crippen LogP contribution in [0.1, 0.15) is 266 Å². The fourth-order valence-electron chi connectivity index (χ4n) is 18.2. The van der Waals surface area contributed by atoms with E-state index in [0.717, 1.165) is 75.4 Å². The van der Waals surface area contributed by atoms with Crippen LogP contribution in [0, 0.1) is 13.8 Å². The van der Waals surface area contributed by atoms with Crippen LogP contribution in [0.15, 0.2) is 310 Å². The Hall–Kier alpha value is -11.9. The molecule has 20 rings (SSSR count). The van der Waals surface area contributed by atoms with Crippen molar-refractivity contribution in [3.63, 3.8) is 0 Å². The van der Waals surface area contributed by atoms with E-state index >= 15 is 0 Å². The third-order valence-electron chi connectivity index (χ3n) is 25.4. The van der Waals surface area contributed by atoms with Crippen LogP contribution in [0.2, 0.25) is 0 Å². The van der Waals surface area contributed by atoms with E-state index in [4.69, 9.17) is 31.1 Å². The maximum absolute atomic E-state index is 8.60. The molecule has 0 aliphatic heterocycles. The molecule has 5 aromatic heterocycles. The number of benzene rings is 15. The van der Waals surface area contributed by atoms with E-state index < -0.39 is 0 Å². The SMILES string of the molecule is CC(C)(C)c1cc(-c2cccc3c2oc2c(C(C)(C)C)cccc23)cc(C(C)(C)C)c1.CC(C)(C)c1cc(-c2cccc3oc4cccc(C(C)(C)C)c4c23)cc(C(C)(C)C)c1.[2H]c1c([2H])c(C)c([2H])c(-c2cccc3oc4cccc(C(C)(C)C)c4c23)c1[2H].[2H]c1c([2H])c(C)c([2H])c(-c2cccc3sc4cccc(C(C)(C)C)c4c23)c1[2H].[2H]c1c([2H])c([2H])c(-c2cccc3c2sc2c(C(C)(C)C)cccc23)c([2H])c1[2H]. The molecule has 15 aromatic carbocycles. The summed E-state index contributed by atoms with van der Waals surface area (Å²) in [7, 11) is 0. The molecular weight excluding hydrogens is 1650 g/mol. The van der Waals surface area contributed by atoms with Crippen molar-refractivity contribution in [2.24, 2.45) is 0 Å². The van der Waals surface area contributed by atoms with Gasteiger partial charge in [0.25, 0.3) is 0 Å². The number of hydrogen-bond acceptors (Lipinski definition) is 5. The fourth-order valence-corrected chi connectivity index (χ4v) is 20.9. The van der Waals surface area contributed by atoms with Gasteiger partial charge in [-0.15, -0.1) is 22.7 Å². The zero-order chi connectivity index (χ0) is 107. The molecule has 0 bridgehead atoms. The maximum Gasteiger partial charge on any atom is 0.143 e. The number of rotatable bonds is 5. The summed E-state index contributed by atoms with van der Waals surface area (Å²) in [5, 5.41) is 11.1. The van der Waals surface area contributed by atoms with Gasteiger partial charge in [0.15, 0.2) is 0 Å². The lowest BCUT2D eigenvalue weighted by Crippen LogP contribution is -2.16. The van der Waals surface area contributed by atoms with E-state index in [9.17, 15) is 0 Å². The van der Waals surface area contributed by atoms with E-state index in [1.807, 2.05) is 60.7 Å². The van der Waals surface area contributed by atoms with Crippen molar-refractivity contribution < 1.29 is 31.1 Å². The predicted octanol–water partition coefficient (Wildman–Crippen LogP) is 39.5. The van der Waals surface area contributed by atoms with Crippen molar-refractivity contribution >= 4 is 129 Å². The van der Waals surface area contributed by atoms with E-state index in [-0.39, 0.29) is 133 Å². The molecule has 133 heavy (non-hydrogen) atoms. The Morgan fingerprint density at radius 1 is 0.226 bits per heavy atom. The van der Waals surface area contributed by atoms with Crippen molar-refractivity contribution in [1.82, 2.24) is 0 Å². The average molecular weight is 1800 g/mol. The van der Waals surface area contributed by atoms with Crippen molar-refractivity contribution in [3.05, 3.63) is 358 Å². The Morgan fingerprint density at radius 2 is 0.549 bits per heavy atom. The first-order chi connectivity index (χ1) is 67.9. The van der Waals surface area contributed by atoms with Crippen LogP contribution in [0.5, 0.6) is 0 Å². The number of furan rings is 3. The zero-order valence-corrected chi connectivity index (χ0v) is 85.0. The summed E-state index contributed by atoms with van der Waals surface area (Å²) in [5.74, 6) is 0. The molecule has 3 nitrogen and oxygen atoms in total. The topological polar surface area (TPSA) is 39.4 Å². The Labute approximate surface area is 818 Å². The van der Waals surface area contributed by atoms with Crippen molar-refractivity contribution in [1.29, 1.82) is 0 Å². The van der Waals surface area contributed by atoms with Crippen molar-refractivity contribution in [3.8, 4) is 55.6 Å². The first kappa shape index (κ1) is 78.6. The van der Waals surface area contributed by atoms with Crippen LogP contribution >= 0.6 is 22.7 Å². The van der Waals surface area contributed by atoms with Crippen LogP contribution in [0.3, 0.4) is 0 Å². The summed E-state index contributed by atoms with van der Waals surface area (Å²) >= 11 is 3.35. The highest BCUT2D eigenvalue weighted by molar-refractivity contribution is 7.26. The number of hydrogen-bond donors (Lipinski definition) is 0. The van der Waals surface area contributed by atoms with Crippen LogP contribution in [0.25, 0.3) is 162 Å². The summed E-state index contributed by atoms with van der Waals surface area (Å²) < 4.78 is 131. The Bertz CT molecular complexity index is 8250. The van der Waals surface area contributed by atoms with Crippen LogP contribution in [-0.2, 0) is 48.7 Å². The minimum absolute atomic E-state index is 0.0166. The Morgan fingerprint density at radius 3 is 1.00 bits per heavy atom. The van der Waals surface area contributed by atoms with Gasteiger partial charge >= 0.3 is 0 Å². The lowest BCUT2D eigenvalue weighted by atomic mass is 9.78. The van der Waals surface area contributed by atoms with Gasteiger partial charge in [-0.2, -0.15) is 0 Å². The second kappa shape index (κ2) is 35.5. The van der Waals surface area contributed by atoms with Gasteiger partial charge in [-0.25, -0.2) is 0 Å². The van der Waals surface area contributed by atoms with Crippen LogP contribution < -0.4 is 0 Å². The largest absolute Gasteiger partial charge is 0.456 e. The number of para-hydroxylation sites is 2. The highest BCUT2D eigenvalue weighted by atomic mass is 32.1. The van der Waals surface area contributed by atoms with Gasteiger partial charge in [0, 0.05) is 83.8 Å². The lowest BCUT2D eigenvalue weighted by molar-refractivity contribution is 0.568. The highest BCUT2D eigenvalue weighted by Gasteiger charge is 2.31. The second-order valence-electron chi connectivity index (χ2n) is 45.2. The molecule has 0 saturated carbocycles. The molecule has 5 heteroatoms. The summed E-state index contributed by atoms with van der Waals surface area (Å²) in [5.41, 5.74) is 26.4. The highest BCUT2D eigenvalue weighted by Crippen LogP contribution is 2.51. The predicted molar refractivity (Wildman–Crippen MR) is 585 cm³/mol. The smallest absolute Gasteiger partial charge is 0.143 e. The van der Waals surface area contributed by atoms with Gasteiger partial charge in [-0.1, -0.05) is 459 Å². The summed E-state index contributed by atoms with van der Waals surface area (Å²) in [6.45, 7) is 64.0. The molecule has 0 aliphatic rings. The third kappa shape index (κ3) is 19.4. The van der Waals surface area contributed by atoms with E-state index in [0.29, 0.717) is 39.0 Å². The van der Waals surface area contributed by atoms with Crippen molar-refractivity contribution in [2.45, 2.75) is 250 Å². The normalized spacial score (nSPS) is 14.1. The van der Waals surface area contributed by atoms with E-state index in [1.54, 1.807) is 36.5 Å². The van der Waals surface area contributed by atoms with Gasteiger partial charge in [0.05, 0.1) is 17.8 Å². The third-order valence-corrected chi connectivity index (χ3v) is 27.8. The molecule has 0 saturated heterocycles. The lowest BCUT2D eigenvalue weighted by Gasteiger charge is -2.26. The molecule has 0 fully saturated rings.